The highest BCUT2D eigenvalue weighted by Crippen LogP contribution is 2.39. The maximum absolute atomic E-state index is 5.16. The van der Waals surface area contributed by atoms with Gasteiger partial charge in [-0.05, 0) is 159 Å². The lowest BCUT2D eigenvalue weighted by molar-refractivity contribution is 1.28. The van der Waals surface area contributed by atoms with Gasteiger partial charge in [0.05, 0.1) is 84.0 Å². The maximum Gasteiger partial charge on any atom is 0.0972 e. The molecule has 0 amide bonds. The Morgan fingerprint density at radius 3 is 1.18 bits per heavy atom. The number of hydrogen-bond donors (Lipinski definition) is 0. The van der Waals surface area contributed by atoms with Crippen LogP contribution < -0.4 is 0 Å². The van der Waals surface area contributed by atoms with E-state index in [1.54, 1.807) is 12.4 Å². The van der Waals surface area contributed by atoms with Gasteiger partial charge >= 0.3 is 0 Å². The van der Waals surface area contributed by atoms with Crippen LogP contribution in [0.3, 0.4) is 0 Å². The van der Waals surface area contributed by atoms with E-state index in [1.807, 2.05) is 85.3 Å². The lowest BCUT2D eigenvalue weighted by atomic mass is 9.95. The Labute approximate surface area is 550 Å². The molecule has 10 heterocycles. The normalized spacial score (nSPS) is 11.5. The van der Waals surface area contributed by atoms with Crippen LogP contribution in [0.15, 0.2) is 316 Å². The van der Waals surface area contributed by atoms with Gasteiger partial charge in [-0.1, -0.05) is 170 Å². The summed E-state index contributed by atoms with van der Waals surface area (Å²) in [7, 11) is 0. The third-order valence-corrected chi connectivity index (χ3v) is 18.1. The van der Waals surface area contributed by atoms with Gasteiger partial charge in [0.1, 0.15) is 0 Å². The summed E-state index contributed by atoms with van der Waals surface area (Å²) in [4.78, 5) is 48.0. The van der Waals surface area contributed by atoms with Crippen molar-refractivity contribution in [2.75, 3.05) is 0 Å². The van der Waals surface area contributed by atoms with Gasteiger partial charge in [-0.2, -0.15) is 0 Å². The smallest absolute Gasteiger partial charge is 0.0972 e. The average molecular weight is 1230 g/mol. The lowest BCUT2D eigenvalue weighted by Gasteiger charge is -2.13. The summed E-state index contributed by atoms with van der Waals surface area (Å²) < 4.78 is 0. The fourth-order valence-corrected chi connectivity index (χ4v) is 13.3. The van der Waals surface area contributed by atoms with Gasteiger partial charge in [0.25, 0.3) is 0 Å². The van der Waals surface area contributed by atoms with Crippen molar-refractivity contribution in [2.24, 2.45) is 0 Å². The predicted octanol–water partition coefficient (Wildman–Crippen LogP) is 21.0. The summed E-state index contributed by atoms with van der Waals surface area (Å²) in [6.45, 7) is 0. The maximum atomic E-state index is 5.16. The molecule has 0 unspecified atom stereocenters. The molecule has 0 saturated heterocycles. The molecular formula is C86H52N10. The molecule has 10 heteroatoms. The van der Waals surface area contributed by atoms with E-state index in [0.29, 0.717) is 0 Å². The van der Waals surface area contributed by atoms with E-state index in [-0.39, 0.29) is 0 Å². The molecule has 0 spiro atoms. The molecule has 0 N–H and O–H groups in total. The number of rotatable bonds is 8. The fourth-order valence-electron chi connectivity index (χ4n) is 13.3. The van der Waals surface area contributed by atoms with Gasteiger partial charge in [-0.15, -0.1) is 0 Å². The standard InChI is InChI=1S/C45H27N5.C41H25N5/c1-2-8-35-34(7-1)36(18-19-37(35)40-21-15-30-12-11-29-6-5-25-47-44(29)45(30)50-40)39-22-17-33-26-31(16-20-38(33)48-39)32-13-10-28-14-23-42(49-43(28)27-32)41-9-3-4-24-46-41;1-2-20-42-37(7-1)38-19-14-28-12-13-30(25-39(28)46-38)29-15-17-36-31(23-29)16-18-35(45-36)27-10-8-26(9-11-27)34-24-32-5-3-21-43-40(32)41-33(34)6-4-22-44-41/h1-27H;1-25H. The summed E-state index contributed by atoms with van der Waals surface area (Å²) in [5.41, 5.74) is 23.8. The number of fused-ring (bicyclic) bond motifs is 11. The highest BCUT2D eigenvalue weighted by atomic mass is 14.8. The van der Waals surface area contributed by atoms with Crippen LogP contribution in [0.1, 0.15) is 0 Å². The van der Waals surface area contributed by atoms with Gasteiger partial charge in [-0.3, -0.25) is 24.9 Å². The minimum absolute atomic E-state index is 0.866. The zero-order chi connectivity index (χ0) is 63.5. The number of nitrogens with zero attached hydrogens (tertiary/aromatic N) is 10. The molecule has 0 radical (unpaired) electrons. The number of pyridine rings is 10. The van der Waals surface area contributed by atoms with Crippen LogP contribution in [0.4, 0.5) is 0 Å². The van der Waals surface area contributed by atoms with Crippen LogP contribution in [0, 0.1) is 0 Å². The third kappa shape index (κ3) is 10.3. The second-order valence-corrected chi connectivity index (χ2v) is 23.9. The Morgan fingerprint density at radius 1 is 0.167 bits per heavy atom. The van der Waals surface area contributed by atoms with E-state index in [1.165, 1.54) is 0 Å². The second kappa shape index (κ2) is 23.5. The molecular weight excluding hydrogens is 1170 g/mol. The van der Waals surface area contributed by atoms with Gasteiger partial charge in [0.15, 0.2) is 0 Å². The molecule has 10 nitrogen and oxygen atoms in total. The second-order valence-electron chi connectivity index (χ2n) is 23.9. The van der Waals surface area contributed by atoms with E-state index in [9.17, 15) is 0 Å². The molecule has 0 bridgehead atoms. The quantitative estimate of drug-likeness (QED) is 0.136. The van der Waals surface area contributed by atoms with E-state index >= 15 is 0 Å². The summed E-state index contributed by atoms with van der Waals surface area (Å²) in [5, 5.41) is 11.0. The van der Waals surface area contributed by atoms with Crippen LogP contribution in [0.2, 0.25) is 0 Å². The predicted molar refractivity (Wildman–Crippen MR) is 392 cm³/mol. The van der Waals surface area contributed by atoms with Crippen LogP contribution in [0.5, 0.6) is 0 Å². The molecule has 9 aromatic carbocycles. The van der Waals surface area contributed by atoms with Crippen LogP contribution in [0.25, 0.3) is 188 Å². The van der Waals surface area contributed by atoms with Crippen molar-refractivity contribution >= 4 is 98.0 Å². The van der Waals surface area contributed by atoms with Crippen molar-refractivity contribution in [3.63, 3.8) is 0 Å². The van der Waals surface area contributed by atoms with Crippen molar-refractivity contribution in [1.29, 1.82) is 0 Å². The fraction of sp³-hybridized carbons (Fsp3) is 0. The number of aromatic nitrogens is 10. The minimum atomic E-state index is 0.866. The first kappa shape index (κ1) is 55.6. The molecule has 96 heavy (non-hydrogen) atoms. The van der Waals surface area contributed by atoms with Gasteiger partial charge in [-0.25, -0.2) is 24.9 Å². The molecule has 0 aliphatic heterocycles. The summed E-state index contributed by atoms with van der Waals surface area (Å²) in [6.07, 6.45) is 9.08. The van der Waals surface area contributed by atoms with Crippen molar-refractivity contribution in [3.8, 4) is 89.9 Å². The molecule has 19 aromatic rings. The Balaban J connectivity index is 0.000000141. The molecule has 0 aliphatic carbocycles. The highest BCUT2D eigenvalue weighted by molar-refractivity contribution is 6.11. The molecule has 19 rings (SSSR count). The molecule has 0 atom stereocenters. The van der Waals surface area contributed by atoms with Gasteiger partial charge < -0.3 is 0 Å². The molecule has 0 saturated carbocycles. The van der Waals surface area contributed by atoms with Crippen LogP contribution in [-0.2, 0) is 0 Å². The molecule has 0 fully saturated rings. The van der Waals surface area contributed by atoms with Crippen molar-refractivity contribution in [1.82, 2.24) is 49.8 Å². The van der Waals surface area contributed by atoms with Gasteiger partial charge in [0, 0.05) is 90.8 Å². The van der Waals surface area contributed by atoms with E-state index in [4.69, 9.17) is 24.9 Å². The van der Waals surface area contributed by atoms with Crippen LogP contribution >= 0.6 is 0 Å². The van der Waals surface area contributed by atoms with E-state index in [0.717, 1.165) is 188 Å². The molecule has 10 aromatic heterocycles. The first-order valence-electron chi connectivity index (χ1n) is 31.9. The van der Waals surface area contributed by atoms with E-state index < -0.39 is 0 Å². The Hall–Kier alpha value is -13.2. The summed E-state index contributed by atoms with van der Waals surface area (Å²) in [5.74, 6) is 0. The third-order valence-electron chi connectivity index (χ3n) is 18.1. The zero-order valence-corrected chi connectivity index (χ0v) is 51.5. The Morgan fingerprint density at radius 2 is 0.573 bits per heavy atom. The molecule has 0 aliphatic rings. The lowest BCUT2D eigenvalue weighted by Crippen LogP contribution is -1.92. The Kier molecular flexibility index (Phi) is 13.6. The Bertz CT molecular complexity index is 6280. The van der Waals surface area contributed by atoms with Crippen molar-refractivity contribution in [2.45, 2.75) is 0 Å². The SMILES string of the molecule is c1ccc(-c2ccc3ccc(-c4ccc5nc(-c6ccc(-c7cc8cccnc8c8ncccc78)cc6)ccc5c4)cc3n2)nc1.c1ccc(-c2ccc3ccc(-c4ccc5nc(-c6ccc(-c7ccc8ccc9cccnc9c8n7)c7ccccc67)ccc5c4)cc3n2)nc1. The number of benzene rings is 9. The monoisotopic (exact) mass is 1220 g/mol. The zero-order valence-electron chi connectivity index (χ0n) is 51.5. The minimum Gasteiger partial charge on any atom is -0.255 e. The van der Waals surface area contributed by atoms with Crippen molar-refractivity contribution < 1.29 is 0 Å². The van der Waals surface area contributed by atoms with Crippen molar-refractivity contribution in [3.05, 3.63) is 316 Å². The summed E-state index contributed by atoms with van der Waals surface area (Å²) >= 11 is 0. The average Bonchev–Trinajstić information content (AvgIpc) is 0.791. The summed E-state index contributed by atoms with van der Waals surface area (Å²) in [6, 6.07) is 98.8. The molecule has 446 valence electrons. The highest BCUT2D eigenvalue weighted by Gasteiger charge is 2.17. The first-order valence-corrected chi connectivity index (χ1v) is 31.9. The van der Waals surface area contributed by atoms with Crippen LogP contribution in [-0.4, -0.2) is 49.8 Å². The first-order chi connectivity index (χ1) is 47.5. The largest absolute Gasteiger partial charge is 0.255 e. The van der Waals surface area contributed by atoms with Gasteiger partial charge in [0.2, 0.25) is 0 Å². The van der Waals surface area contributed by atoms with E-state index in [2.05, 4.69) is 243 Å². The topological polar surface area (TPSA) is 129 Å². The number of hydrogen-bond acceptors (Lipinski definition) is 10.